The van der Waals surface area contributed by atoms with Gasteiger partial charge in [0.2, 0.25) is 5.91 Å². The van der Waals surface area contributed by atoms with E-state index >= 15 is 0 Å². The SMILES string of the molecule is CC1(C)C(=O)N(c2ccccc2)c2nnc(Cl)cc21. The van der Waals surface area contributed by atoms with Crippen LogP contribution in [0.2, 0.25) is 5.15 Å². The number of aromatic nitrogens is 2. The Morgan fingerprint density at radius 2 is 1.84 bits per heavy atom. The molecule has 0 unspecified atom stereocenters. The largest absolute Gasteiger partial charge is 0.273 e. The highest BCUT2D eigenvalue weighted by Crippen LogP contribution is 2.44. The molecular weight excluding hydrogens is 262 g/mol. The van der Waals surface area contributed by atoms with Crippen LogP contribution in [0, 0.1) is 0 Å². The minimum Gasteiger partial charge on any atom is -0.273 e. The summed E-state index contributed by atoms with van der Waals surface area (Å²) in [4.78, 5) is 14.2. The number of fused-ring (bicyclic) bond motifs is 1. The number of halogens is 1. The Kier molecular flexibility index (Phi) is 2.57. The van der Waals surface area contributed by atoms with Crippen LogP contribution in [0.5, 0.6) is 0 Å². The van der Waals surface area contributed by atoms with Gasteiger partial charge in [0.15, 0.2) is 11.0 Å². The van der Waals surface area contributed by atoms with Crippen LogP contribution in [-0.4, -0.2) is 16.1 Å². The molecule has 3 rings (SSSR count). The van der Waals surface area contributed by atoms with Crippen molar-refractivity contribution in [3.05, 3.63) is 47.1 Å². The summed E-state index contributed by atoms with van der Waals surface area (Å²) in [5, 5.41) is 8.23. The molecule has 1 aromatic heterocycles. The van der Waals surface area contributed by atoms with Crippen molar-refractivity contribution in [1.82, 2.24) is 10.2 Å². The Balaban J connectivity index is 2.22. The Bertz CT molecular complexity index is 655. The van der Waals surface area contributed by atoms with Gasteiger partial charge in [-0.15, -0.1) is 10.2 Å². The monoisotopic (exact) mass is 273 g/mol. The summed E-state index contributed by atoms with van der Waals surface area (Å²) >= 11 is 5.89. The van der Waals surface area contributed by atoms with Gasteiger partial charge in [-0.2, -0.15) is 0 Å². The molecule has 0 saturated carbocycles. The lowest BCUT2D eigenvalue weighted by Crippen LogP contribution is -2.33. The fraction of sp³-hybridized carbons (Fsp3) is 0.214. The predicted molar refractivity (Wildman–Crippen MR) is 73.7 cm³/mol. The molecule has 1 aliphatic rings. The van der Waals surface area contributed by atoms with Gasteiger partial charge in [0.1, 0.15) is 0 Å². The van der Waals surface area contributed by atoms with Gasteiger partial charge in [-0.25, -0.2) is 0 Å². The smallest absolute Gasteiger partial charge is 0.243 e. The molecular formula is C14H12ClN3O. The van der Waals surface area contributed by atoms with Crippen LogP contribution >= 0.6 is 11.6 Å². The number of carbonyl (C=O) groups is 1. The minimum absolute atomic E-state index is 0.0229. The maximum absolute atomic E-state index is 12.6. The second-order valence-electron chi connectivity index (χ2n) is 5.01. The van der Waals surface area contributed by atoms with Crippen molar-refractivity contribution in [2.75, 3.05) is 4.90 Å². The molecule has 1 amide bonds. The van der Waals surface area contributed by atoms with Crippen molar-refractivity contribution >= 4 is 29.0 Å². The highest BCUT2D eigenvalue weighted by Gasteiger charge is 2.46. The molecule has 0 radical (unpaired) electrons. The number of carbonyl (C=O) groups excluding carboxylic acids is 1. The van der Waals surface area contributed by atoms with Gasteiger partial charge in [-0.3, -0.25) is 9.69 Å². The van der Waals surface area contributed by atoms with E-state index in [9.17, 15) is 4.79 Å². The highest BCUT2D eigenvalue weighted by atomic mass is 35.5. The highest BCUT2D eigenvalue weighted by molar-refractivity contribution is 6.29. The summed E-state index contributed by atoms with van der Waals surface area (Å²) in [6.45, 7) is 3.74. The second kappa shape index (κ2) is 4.03. The van der Waals surface area contributed by atoms with E-state index in [0.29, 0.717) is 11.0 Å². The summed E-state index contributed by atoms with van der Waals surface area (Å²) in [6.07, 6.45) is 0. The van der Waals surface area contributed by atoms with Crippen LogP contribution in [0.1, 0.15) is 19.4 Å². The first kappa shape index (κ1) is 12.1. The standard InChI is InChI=1S/C14H12ClN3O/c1-14(2)10-8-11(15)16-17-12(10)18(13(14)19)9-6-4-3-5-7-9/h3-8H,1-2H3. The van der Waals surface area contributed by atoms with E-state index in [-0.39, 0.29) is 5.91 Å². The second-order valence-corrected chi connectivity index (χ2v) is 5.39. The Morgan fingerprint density at radius 3 is 2.53 bits per heavy atom. The first-order chi connectivity index (χ1) is 9.01. The topological polar surface area (TPSA) is 46.1 Å². The van der Waals surface area contributed by atoms with Gasteiger partial charge in [-0.1, -0.05) is 29.8 Å². The van der Waals surface area contributed by atoms with Gasteiger partial charge in [0.05, 0.1) is 11.1 Å². The zero-order chi connectivity index (χ0) is 13.6. The summed E-state index contributed by atoms with van der Waals surface area (Å²) in [6, 6.07) is 11.1. The number of para-hydroxylation sites is 1. The van der Waals surface area contributed by atoms with Gasteiger partial charge in [0, 0.05) is 5.56 Å². The minimum atomic E-state index is -0.648. The van der Waals surface area contributed by atoms with E-state index in [2.05, 4.69) is 10.2 Å². The van der Waals surface area contributed by atoms with Gasteiger partial charge in [-0.05, 0) is 32.0 Å². The molecule has 0 saturated heterocycles. The third-order valence-electron chi connectivity index (χ3n) is 3.38. The molecule has 19 heavy (non-hydrogen) atoms. The molecule has 5 heteroatoms. The third-order valence-corrected chi connectivity index (χ3v) is 3.57. The molecule has 4 nitrogen and oxygen atoms in total. The summed E-state index contributed by atoms with van der Waals surface area (Å²) in [5.41, 5.74) is 0.947. The van der Waals surface area contributed by atoms with Crippen LogP contribution < -0.4 is 4.90 Å². The van der Waals surface area contributed by atoms with E-state index < -0.39 is 5.41 Å². The average molecular weight is 274 g/mol. The van der Waals surface area contributed by atoms with Gasteiger partial charge in [0.25, 0.3) is 0 Å². The van der Waals surface area contributed by atoms with E-state index in [0.717, 1.165) is 11.3 Å². The Hall–Kier alpha value is -1.94. The Labute approximate surface area is 116 Å². The summed E-state index contributed by atoms with van der Waals surface area (Å²) in [7, 11) is 0. The van der Waals surface area contributed by atoms with Crippen molar-refractivity contribution in [2.45, 2.75) is 19.3 Å². The van der Waals surface area contributed by atoms with Crippen molar-refractivity contribution in [2.24, 2.45) is 0 Å². The number of hydrogen-bond donors (Lipinski definition) is 0. The van der Waals surface area contributed by atoms with Crippen LogP contribution in [0.4, 0.5) is 11.5 Å². The van der Waals surface area contributed by atoms with Crippen molar-refractivity contribution in [1.29, 1.82) is 0 Å². The fourth-order valence-corrected chi connectivity index (χ4v) is 2.44. The molecule has 0 N–H and O–H groups in total. The zero-order valence-electron chi connectivity index (χ0n) is 10.6. The lowest BCUT2D eigenvalue weighted by molar-refractivity contribution is -0.121. The molecule has 0 aliphatic carbocycles. The van der Waals surface area contributed by atoms with Gasteiger partial charge < -0.3 is 0 Å². The number of rotatable bonds is 1. The van der Waals surface area contributed by atoms with Crippen LogP contribution in [-0.2, 0) is 10.2 Å². The molecule has 96 valence electrons. The van der Waals surface area contributed by atoms with E-state index in [1.165, 1.54) is 0 Å². The predicted octanol–water partition coefficient (Wildman–Crippen LogP) is 3.09. The average Bonchev–Trinajstić information content (AvgIpc) is 2.59. The number of anilines is 2. The van der Waals surface area contributed by atoms with Crippen LogP contribution in [0.3, 0.4) is 0 Å². The maximum Gasteiger partial charge on any atom is 0.243 e. The van der Waals surface area contributed by atoms with Crippen LogP contribution in [0.15, 0.2) is 36.4 Å². The normalized spacial score (nSPS) is 16.6. The molecule has 1 aromatic carbocycles. The van der Waals surface area contributed by atoms with E-state index in [4.69, 9.17) is 11.6 Å². The lowest BCUT2D eigenvalue weighted by atomic mass is 9.87. The number of hydrogen-bond acceptors (Lipinski definition) is 3. The molecule has 0 spiro atoms. The summed E-state index contributed by atoms with van der Waals surface area (Å²) in [5.74, 6) is 0.538. The van der Waals surface area contributed by atoms with Crippen molar-refractivity contribution < 1.29 is 4.79 Å². The number of amides is 1. The van der Waals surface area contributed by atoms with Crippen LogP contribution in [0.25, 0.3) is 0 Å². The molecule has 0 bridgehead atoms. The molecule has 1 aliphatic heterocycles. The quantitative estimate of drug-likeness (QED) is 0.802. The number of nitrogens with zero attached hydrogens (tertiary/aromatic N) is 3. The zero-order valence-corrected chi connectivity index (χ0v) is 11.3. The first-order valence-corrected chi connectivity index (χ1v) is 6.33. The molecule has 0 atom stereocenters. The maximum atomic E-state index is 12.6. The van der Waals surface area contributed by atoms with Crippen molar-refractivity contribution in [3.63, 3.8) is 0 Å². The molecule has 2 aromatic rings. The van der Waals surface area contributed by atoms with E-state index in [1.54, 1.807) is 11.0 Å². The van der Waals surface area contributed by atoms with Gasteiger partial charge >= 0.3 is 0 Å². The molecule has 0 fully saturated rings. The number of benzene rings is 1. The first-order valence-electron chi connectivity index (χ1n) is 5.95. The van der Waals surface area contributed by atoms with Crippen molar-refractivity contribution in [3.8, 4) is 0 Å². The molecule has 2 heterocycles. The lowest BCUT2D eigenvalue weighted by Gasteiger charge is -2.19. The fourth-order valence-electron chi connectivity index (χ4n) is 2.29. The Morgan fingerprint density at radius 1 is 1.16 bits per heavy atom. The third kappa shape index (κ3) is 1.71. The van der Waals surface area contributed by atoms with E-state index in [1.807, 2.05) is 44.2 Å². The summed E-state index contributed by atoms with van der Waals surface area (Å²) < 4.78 is 0.